The second-order valence-electron chi connectivity index (χ2n) is 13.2. The van der Waals surface area contributed by atoms with Gasteiger partial charge >= 0.3 is 0 Å². The van der Waals surface area contributed by atoms with Crippen LogP contribution in [0.4, 0.5) is 0 Å². The van der Waals surface area contributed by atoms with E-state index in [4.69, 9.17) is 15.0 Å². The third-order valence-electron chi connectivity index (χ3n) is 10.1. The fourth-order valence-corrected chi connectivity index (χ4v) is 7.53. The van der Waals surface area contributed by atoms with Gasteiger partial charge in [0.1, 0.15) is 0 Å². The van der Waals surface area contributed by atoms with Crippen LogP contribution >= 0.6 is 0 Å². The molecule has 0 saturated carbocycles. The van der Waals surface area contributed by atoms with Gasteiger partial charge in [-0.15, -0.1) is 0 Å². The van der Waals surface area contributed by atoms with Gasteiger partial charge in [0.25, 0.3) is 0 Å². The number of nitrogens with zero attached hydrogens (tertiary/aromatic N) is 3. The molecule has 0 N–H and O–H groups in total. The number of fused-ring (bicyclic) bond motifs is 6. The normalized spacial score (nSPS) is 11.5. The van der Waals surface area contributed by atoms with Crippen molar-refractivity contribution in [2.24, 2.45) is 0 Å². The van der Waals surface area contributed by atoms with E-state index >= 15 is 0 Å². The van der Waals surface area contributed by atoms with E-state index in [1.807, 2.05) is 18.2 Å². The SMILES string of the molecule is c1ccc(-c2ccc3ccc4ccc(-c5ccc(-c6nc7ccccc7c7c(-c8ccccc8-c8ccccc8)cccc67)cc5)nc4c3n2)cc1. The Labute approximate surface area is 301 Å². The van der Waals surface area contributed by atoms with Crippen molar-refractivity contribution in [3.63, 3.8) is 0 Å². The minimum Gasteiger partial charge on any atom is -0.247 e. The molecular formula is C49H31N3. The molecule has 0 atom stereocenters. The molecule has 242 valence electrons. The Balaban J connectivity index is 1.10. The van der Waals surface area contributed by atoms with Gasteiger partial charge in [0.05, 0.1) is 33.6 Å². The fourth-order valence-electron chi connectivity index (χ4n) is 7.53. The van der Waals surface area contributed by atoms with E-state index < -0.39 is 0 Å². The van der Waals surface area contributed by atoms with E-state index in [0.717, 1.165) is 71.9 Å². The molecule has 0 aliphatic carbocycles. The molecule has 10 aromatic rings. The van der Waals surface area contributed by atoms with Crippen molar-refractivity contribution >= 4 is 43.5 Å². The first-order valence-corrected chi connectivity index (χ1v) is 17.6. The van der Waals surface area contributed by atoms with E-state index in [9.17, 15) is 0 Å². The Hall–Kier alpha value is -6.97. The molecule has 0 radical (unpaired) electrons. The van der Waals surface area contributed by atoms with Gasteiger partial charge < -0.3 is 0 Å². The number of para-hydroxylation sites is 1. The number of rotatable bonds is 5. The average Bonchev–Trinajstić information content (AvgIpc) is 3.23. The molecule has 3 heteroatoms. The molecule has 0 unspecified atom stereocenters. The van der Waals surface area contributed by atoms with Crippen LogP contribution in [-0.2, 0) is 0 Å². The zero-order valence-corrected chi connectivity index (χ0v) is 28.2. The monoisotopic (exact) mass is 661 g/mol. The Kier molecular flexibility index (Phi) is 7.14. The van der Waals surface area contributed by atoms with Gasteiger partial charge in [0.2, 0.25) is 0 Å². The quantitative estimate of drug-likeness (QED) is 0.172. The lowest BCUT2D eigenvalue weighted by molar-refractivity contribution is 1.36. The average molecular weight is 662 g/mol. The van der Waals surface area contributed by atoms with E-state index in [1.54, 1.807) is 0 Å². The molecule has 0 amide bonds. The van der Waals surface area contributed by atoms with Crippen molar-refractivity contribution in [3.8, 4) is 56.0 Å². The van der Waals surface area contributed by atoms with E-state index in [2.05, 4.69) is 170 Å². The van der Waals surface area contributed by atoms with E-state index in [0.29, 0.717) is 0 Å². The molecular weight excluding hydrogens is 631 g/mol. The summed E-state index contributed by atoms with van der Waals surface area (Å²) in [4.78, 5) is 15.6. The van der Waals surface area contributed by atoms with Crippen molar-refractivity contribution in [1.29, 1.82) is 0 Å². The summed E-state index contributed by atoms with van der Waals surface area (Å²) in [6.07, 6.45) is 0. The van der Waals surface area contributed by atoms with Gasteiger partial charge in [-0.25, -0.2) is 15.0 Å². The summed E-state index contributed by atoms with van der Waals surface area (Å²) < 4.78 is 0. The van der Waals surface area contributed by atoms with Crippen molar-refractivity contribution < 1.29 is 0 Å². The lowest BCUT2D eigenvalue weighted by Gasteiger charge is -2.16. The molecule has 0 saturated heterocycles. The maximum atomic E-state index is 5.28. The van der Waals surface area contributed by atoms with Crippen LogP contribution in [0.2, 0.25) is 0 Å². The maximum Gasteiger partial charge on any atom is 0.0972 e. The summed E-state index contributed by atoms with van der Waals surface area (Å²) in [7, 11) is 0. The molecule has 0 fully saturated rings. The van der Waals surface area contributed by atoms with Gasteiger partial charge in [0.15, 0.2) is 0 Å². The van der Waals surface area contributed by atoms with Crippen molar-refractivity contribution in [1.82, 2.24) is 15.0 Å². The molecule has 52 heavy (non-hydrogen) atoms. The Bertz CT molecular complexity index is 2930. The Morgan fingerprint density at radius 1 is 0.288 bits per heavy atom. The van der Waals surface area contributed by atoms with Crippen molar-refractivity contribution in [2.75, 3.05) is 0 Å². The predicted molar refractivity (Wildman–Crippen MR) is 217 cm³/mol. The molecule has 3 heterocycles. The second kappa shape index (κ2) is 12.4. The van der Waals surface area contributed by atoms with Crippen molar-refractivity contribution in [3.05, 3.63) is 188 Å². The van der Waals surface area contributed by atoms with Crippen LogP contribution < -0.4 is 0 Å². The minimum absolute atomic E-state index is 0.905. The molecule has 3 nitrogen and oxygen atoms in total. The smallest absolute Gasteiger partial charge is 0.0972 e. The third kappa shape index (κ3) is 5.10. The van der Waals surface area contributed by atoms with Gasteiger partial charge in [-0.2, -0.15) is 0 Å². The lowest BCUT2D eigenvalue weighted by Crippen LogP contribution is -1.93. The highest BCUT2D eigenvalue weighted by atomic mass is 14.8. The van der Waals surface area contributed by atoms with Gasteiger partial charge in [-0.3, -0.25) is 0 Å². The molecule has 0 aliphatic heterocycles. The van der Waals surface area contributed by atoms with Crippen LogP contribution in [0.15, 0.2) is 188 Å². The molecule has 0 bridgehead atoms. The van der Waals surface area contributed by atoms with Crippen LogP contribution in [0.1, 0.15) is 0 Å². The zero-order valence-electron chi connectivity index (χ0n) is 28.2. The summed E-state index contributed by atoms with van der Waals surface area (Å²) in [5.41, 5.74) is 13.6. The highest BCUT2D eigenvalue weighted by Crippen LogP contribution is 2.42. The van der Waals surface area contributed by atoms with Gasteiger partial charge in [-0.05, 0) is 40.5 Å². The largest absolute Gasteiger partial charge is 0.247 e. The number of hydrogen-bond donors (Lipinski definition) is 0. The summed E-state index contributed by atoms with van der Waals surface area (Å²) >= 11 is 0. The first-order valence-electron chi connectivity index (χ1n) is 17.6. The van der Waals surface area contributed by atoms with E-state index in [1.165, 1.54) is 27.6 Å². The number of aromatic nitrogens is 3. The number of hydrogen-bond acceptors (Lipinski definition) is 3. The highest BCUT2D eigenvalue weighted by Gasteiger charge is 2.17. The van der Waals surface area contributed by atoms with Gasteiger partial charge in [-0.1, -0.05) is 170 Å². The summed E-state index contributed by atoms with van der Waals surface area (Å²) in [5, 5.41) is 5.63. The molecule has 0 aliphatic rings. The predicted octanol–water partition coefficient (Wildman–Crippen LogP) is 12.8. The Morgan fingerprint density at radius 3 is 1.48 bits per heavy atom. The molecule has 7 aromatic carbocycles. The summed E-state index contributed by atoms with van der Waals surface area (Å²) in [6, 6.07) is 66.2. The zero-order chi connectivity index (χ0) is 34.4. The van der Waals surface area contributed by atoms with Crippen LogP contribution in [0, 0.1) is 0 Å². The minimum atomic E-state index is 0.905. The molecule has 3 aromatic heterocycles. The highest BCUT2D eigenvalue weighted by molar-refractivity contribution is 6.18. The lowest BCUT2D eigenvalue weighted by atomic mass is 9.89. The van der Waals surface area contributed by atoms with Crippen LogP contribution in [-0.4, -0.2) is 15.0 Å². The fraction of sp³-hybridized carbons (Fsp3) is 0. The first-order chi connectivity index (χ1) is 25.8. The van der Waals surface area contributed by atoms with Crippen molar-refractivity contribution in [2.45, 2.75) is 0 Å². The molecule has 0 spiro atoms. The van der Waals surface area contributed by atoms with Crippen LogP contribution in [0.5, 0.6) is 0 Å². The number of pyridine rings is 3. The summed E-state index contributed by atoms with van der Waals surface area (Å²) in [6.45, 7) is 0. The van der Waals surface area contributed by atoms with Crippen LogP contribution in [0.3, 0.4) is 0 Å². The first kappa shape index (κ1) is 29.9. The standard InChI is InChI=1S/C49H31N3/c1-3-12-32(13-4-1)38-16-7-8-17-39(38)40-19-11-20-42-46(40)41-18-9-10-21-45(41)52-47(42)35-24-22-34(23-25-35)44-31-29-37-27-26-36-28-30-43(33-14-5-2-6-15-33)50-48(36)49(37)51-44/h1-31H. The second-order valence-corrected chi connectivity index (χ2v) is 13.2. The third-order valence-corrected chi connectivity index (χ3v) is 10.1. The van der Waals surface area contributed by atoms with E-state index in [-0.39, 0.29) is 0 Å². The van der Waals surface area contributed by atoms with Crippen LogP contribution in [0.25, 0.3) is 99.5 Å². The Morgan fingerprint density at radius 2 is 0.788 bits per heavy atom. The summed E-state index contributed by atoms with van der Waals surface area (Å²) in [5.74, 6) is 0. The topological polar surface area (TPSA) is 38.7 Å². The maximum absolute atomic E-state index is 5.28. The molecule has 10 rings (SSSR count). The number of benzene rings is 7. The van der Waals surface area contributed by atoms with Gasteiger partial charge in [0, 0.05) is 43.6 Å².